The first-order chi connectivity index (χ1) is 11.6. The van der Waals surface area contributed by atoms with Gasteiger partial charge in [0.05, 0.1) is 0 Å². The molecule has 24 heavy (non-hydrogen) atoms. The van der Waals surface area contributed by atoms with Crippen LogP contribution < -0.4 is 5.73 Å². The molecule has 1 atom stereocenters. The van der Waals surface area contributed by atoms with E-state index < -0.39 is 0 Å². The van der Waals surface area contributed by atoms with Gasteiger partial charge in [-0.05, 0) is 38.6 Å². The van der Waals surface area contributed by atoms with E-state index >= 15 is 0 Å². The quantitative estimate of drug-likeness (QED) is 0.917. The molecular weight excluding hydrogens is 303 g/mol. The van der Waals surface area contributed by atoms with Crippen LogP contribution in [0.25, 0.3) is 0 Å². The van der Waals surface area contributed by atoms with Crippen LogP contribution in [-0.2, 0) is 13.1 Å². The molecule has 2 N–H and O–H groups in total. The highest BCUT2D eigenvalue weighted by Crippen LogP contribution is 2.20. The lowest BCUT2D eigenvalue weighted by atomic mass is 10.0. The van der Waals surface area contributed by atoms with E-state index in [1.54, 1.807) is 12.3 Å². The molecule has 0 spiro atoms. The molecule has 1 aliphatic heterocycles. The SMILES string of the molecule is CN(Cc1cccnc1N)C1CCCN(Cc2ccccc2F)C1. The van der Waals surface area contributed by atoms with Gasteiger partial charge >= 0.3 is 0 Å². The third-order valence-corrected chi connectivity index (χ3v) is 4.80. The van der Waals surface area contributed by atoms with E-state index in [0.717, 1.165) is 43.6 Å². The number of piperidine rings is 1. The van der Waals surface area contributed by atoms with Crippen molar-refractivity contribution < 1.29 is 4.39 Å². The molecule has 1 unspecified atom stereocenters. The maximum absolute atomic E-state index is 13.9. The van der Waals surface area contributed by atoms with E-state index in [1.165, 1.54) is 6.07 Å². The van der Waals surface area contributed by atoms with Gasteiger partial charge < -0.3 is 5.73 Å². The summed E-state index contributed by atoms with van der Waals surface area (Å²) >= 11 is 0. The third kappa shape index (κ3) is 4.10. The predicted octanol–water partition coefficient (Wildman–Crippen LogP) is 2.90. The number of hydrogen-bond acceptors (Lipinski definition) is 4. The van der Waals surface area contributed by atoms with Crippen molar-refractivity contribution in [3.63, 3.8) is 0 Å². The number of benzene rings is 1. The zero-order valence-corrected chi connectivity index (χ0v) is 14.2. The van der Waals surface area contributed by atoms with Gasteiger partial charge in [-0.1, -0.05) is 24.3 Å². The number of nitrogen functional groups attached to an aromatic ring is 1. The lowest BCUT2D eigenvalue weighted by Gasteiger charge is -2.37. The molecule has 3 rings (SSSR count). The molecule has 5 heteroatoms. The maximum Gasteiger partial charge on any atom is 0.127 e. The Balaban J connectivity index is 1.61. The van der Waals surface area contributed by atoms with Gasteiger partial charge in [-0.15, -0.1) is 0 Å². The molecule has 128 valence electrons. The summed E-state index contributed by atoms with van der Waals surface area (Å²) in [6, 6.07) is 11.4. The van der Waals surface area contributed by atoms with Gasteiger partial charge in [-0.3, -0.25) is 9.80 Å². The third-order valence-electron chi connectivity index (χ3n) is 4.80. The van der Waals surface area contributed by atoms with Crippen molar-refractivity contribution in [3.8, 4) is 0 Å². The van der Waals surface area contributed by atoms with Gasteiger partial charge in [0.1, 0.15) is 11.6 Å². The fourth-order valence-corrected chi connectivity index (χ4v) is 3.38. The normalized spacial score (nSPS) is 18.9. The zero-order valence-electron chi connectivity index (χ0n) is 14.2. The number of aromatic nitrogens is 1. The molecule has 1 aromatic carbocycles. The molecular formula is C19H25FN4. The van der Waals surface area contributed by atoms with Crippen molar-refractivity contribution in [2.45, 2.75) is 32.0 Å². The Labute approximate surface area is 143 Å². The Hall–Kier alpha value is -1.98. The highest BCUT2D eigenvalue weighted by Gasteiger charge is 2.24. The lowest BCUT2D eigenvalue weighted by molar-refractivity contribution is 0.106. The van der Waals surface area contributed by atoms with E-state index in [0.29, 0.717) is 18.4 Å². The van der Waals surface area contributed by atoms with Crippen molar-refractivity contribution in [3.05, 3.63) is 59.5 Å². The smallest absolute Gasteiger partial charge is 0.127 e. The summed E-state index contributed by atoms with van der Waals surface area (Å²) in [5.41, 5.74) is 7.79. The number of pyridine rings is 1. The van der Waals surface area contributed by atoms with Crippen molar-refractivity contribution in [1.82, 2.24) is 14.8 Å². The van der Waals surface area contributed by atoms with Gasteiger partial charge in [0.2, 0.25) is 0 Å². The van der Waals surface area contributed by atoms with Gasteiger partial charge in [0, 0.05) is 43.0 Å². The summed E-state index contributed by atoms with van der Waals surface area (Å²) in [5, 5.41) is 0. The number of likely N-dealkylation sites (tertiary alicyclic amines) is 1. The van der Waals surface area contributed by atoms with Crippen molar-refractivity contribution >= 4 is 5.82 Å². The summed E-state index contributed by atoms with van der Waals surface area (Å²) < 4.78 is 13.9. The van der Waals surface area contributed by atoms with Gasteiger partial charge in [0.25, 0.3) is 0 Å². The van der Waals surface area contributed by atoms with Crippen LogP contribution in [0, 0.1) is 5.82 Å². The van der Waals surface area contributed by atoms with Gasteiger partial charge in [-0.25, -0.2) is 9.37 Å². The van der Waals surface area contributed by atoms with E-state index in [-0.39, 0.29) is 5.82 Å². The first-order valence-corrected chi connectivity index (χ1v) is 8.49. The summed E-state index contributed by atoms with van der Waals surface area (Å²) in [5.74, 6) is 0.486. The molecule has 1 aromatic heterocycles. The maximum atomic E-state index is 13.9. The fourth-order valence-electron chi connectivity index (χ4n) is 3.38. The molecule has 0 saturated carbocycles. The van der Waals surface area contributed by atoms with Crippen LogP contribution in [0.15, 0.2) is 42.6 Å². The molecule has 2 aromatic rings. The second-order valence-corrected chi connectivity index (χ2v) is 6.59. The van der Waals surface area contributed by atoms with E-state index in [1.807, 2.05) is 24.3 Å². The number of anilines is 1. The second kappa shape index (κ2) is 7.73. The number of nitrogens with two attached hydrogens (primary N) is 1. The Morgan fingerprint density at radius 1 is 1.25 bits per heavy atom. The van der Waals surface area contributed by atoms with Crippen LogP contribution >= 0.6 is 0 Å². The minimum absolute atomic E-state index is 0.115. The summed E-state index contributed by atoms with van der Waals surface area (Å²) in [7, 11) is 2.13. The lowest BCUT2D eigenvalue weighted by Crippen LogP contribution is -2.45. The van der Waals surface area contributed by atoms with Crippen molar-refractivity contribution in [2.75, 3.05) is 25.9 Å². The first-order valence-electron chi connectivity index (χ1n) is 8.49. The average Bonchev–Trinajstić information content (AvgIpc) is 2.59. The van der Waals surface area contributed by atoms with Crippen LogP contribution in [0.3, 0.4) is 0 Å². The Bertz CT molecular complexity index is 630. The molecule has 0 radical (unpaired) electrons. The van der Waals surface area contributed by atoms with Crippen molar-refractivity contribution in [2.24, 2.45) is 0 Å². The highest BCUT2D eigenvalue weighted by atomic mass is 19.1. The van der Waals surface area contributed by atoms with E-state index in [9.17, 15) is 4.39 Å². The largest absolute Gasteiger partial charge is 0.383 e. The Morgan fingerprint density at radius 3 is 2.83 bits per heavy atom. The molecule has 1 aliphatic rings. The molecule has 1 saturated heterocycles. The number of likely N-dealkylation sites (N-methyl/N-ethyl adjacent to an activating group) is 1. The standard InChI is InChI=1S/C19H25FN4/c1-23(12-16-7-4-10-22-19(16)21)17-8-5-11-24(14-17)13-15-6-2-3-9-18(15)20/h2-4,6-7,9-10,17H,5,8,11-14H2,1H3,(H2,21,22). The Morgan fingerprint density at radius 2 is 2.04 bits per heavy atom. The van der Waals surface area contributed by atoms with Crippen LogP contribution in [-0.4, -0.2) is 41.0 Å². The van der Waals surface area contributed by atoms with E-state index in [4.69, 9.17) is 5.73 Å². The topological polar surface area (TPSA) is 45.4 Å². The second-order valence-electron chi connectivity index (χ2n) is 6.59. The summed E-state index contributed by atoms with van der Waals surface area (Å²) in [4.78, 5) is 8.83. The minimum Gasteiger partial charge on any atom is -0.383 e. The highest BCUT2D eigenvalue weighted by molar-refractivity contribution is 5.38. The summed E-state index contributed by atoms with van der Waals surface area (Å²) in [6.07, 6.45) is 4.01. The summed E-state index contributed by atoms with van der Waals surface area (Å²) in [6.45, 7) is 3.43. The molecule has 2 heterocycles. The van der Waals surface area contributed by atoms with Gasteiger partial charge in [0.15, 0.2) is 0 Å². The van der Waals surface area contributed by atoms with Crippen LogP contribution in [0.2, 0.25) is 0 Å². The molecule has 0 bridgehead atoms. The molecule has 0 amide bonds. The molecule has 1 fully saturated rings. The van der Waals surface area contributed by atoms with Crippen LogP contribution in [0.5, 0.6) is 0 Å². The molecule has 0 aliphatic carbocycles. The Kier molecular flexibility index (Phi) is 5.43. The number of nitrogens with zero attached hydrogens (tertiary/aromatic N) is 3. The monoisotopic (exact) mass is 328 g/mol. The van der Waals surface area contributed by atoms with Gasteiger partial charge in [-0.2, -0.15) is 0 Å². The number of halogens is 1. The van der Waals surface area contributed by atoms with Crippen LogP contribution in [0.4, 0.5) is 10.2 Å². The minimum atomic E-state index is -0.115. The van der Waals surface area contributed by atoms with Crippen molar-refractivity contribution in [1.29, 1.82) is 0 Å². The molecule has 4 nitrogen and oxygen atoms in total. The fraction of sp³-hybridized carbons (Fsp3) is 0.421. The first kappa shape index (κ1) is 16.9. The number of hydrogen-bond donors (Lipinski definition) is 1. The predicted molar refractivity (Wildman–Crippen MR) is 94.8 cm³/mol. The average molecular weight is 328 g/mol. The number of rotatable bonds is 5. The van der Waals surface area contributed by atoms with Crippen LogP contribution in [0.1, 0.15) is 24.0 Å². The van der Waals surface area contributed by atoms with E-state index in [2.05, 4.69) is 21.8 Å². The zero-order chi connectivity index (χ0) is 16.9.